The molecule has 12 aromatic heterocycles. The summed E-state index contributed by atoms with van der Waals surface area (Å²) in [5.74, 6) is 1.53. The maximum absolute atomic E-state index is 5.26. The second-order valence-corrected chi connectivity index (χ2v) is 37.9. The molecule has 12 heterocycles. The fourth-order valence-electron chi connectivity index (χ4n) is 22.2. The zero-order chi connectivity index (χ0) is 99.1. The minimum atomic E-state index is 0.688. The molecule has 0 aliphatic rings. The van der Waals surface area contributed by atoms with Gasteiger partial charge in [0.05, 0.1) is 90.0 Å². The van der Waals surface area contributed by atoms with Crippen LogP contribution in [0.2, 0.25) is 0 Å². The molecule has 150 heavy (non-hydrogen) atoms. The molecule has 0 saturated heterocycles. The molecule has 0 N–H and O–H groups in total. The molecule has 0 fully saturated rings. The van der Waals surface area contributed by atoms with Gasteiger partial charge >= 0.3 is 0 Å². The minimum absolute atomic E-state index is 0.688. The molecule has 0 atom stereocenters. The summed E-state index contributed by atoms with van der Waals surface area (Å²) in [7, 11) is 0. The van der Waals surface area contributed by atoms with E-state index in [1.165, 1.54) is 65.4 Å². The summed E-state index contributed by atoms with van der Waals surface area (Å²) in [6, 6.07) is 181. The SMILES string of the molecule is c1ccc(-c2cc(-c3ccccc3)nc(-n3c4ccccc4c4cc(-c5ccc6c(c5)c5ccccc5n6-c5ccccc5)cnc43)c2)cc1.c1ccc(-c2cc(-n3c4ccccc4c4cc(-c5ccc6c(c5)c5ccccc5n6-c5ccccc5)cnc43)cc(-c3ccccc3)n2)cc1.c1ccc(-c2ncc(-n3c4ccccc4c4cc(-c5ccc6c(c5)c5ccccc5n6-c5ccccc5)cnc43)c(-c3ccccc3)n2)cc1. The lowest BCUT2D eigenvalue weighted by molar-refractivity contribution is 1.06. The van der Waals surface area contributed by atoms with Gasteiger partial charge in [-0.2, -0.15) is 0 Å². The third-order valence-corrected chi connectivity index (χ3v) is 29.1. The van der Waals surface area contributed by atoms with E-state index in [-0.39, 0.29) is 0 Å². The number of hydrogen-bond acceptors (Lipinski definition) is 7. The zero-order valence-corrected chi connectivity index (χ0v) is 81.2. The number of hydrogen-bond donors (Lipinski definition) is 0. The van der Waals surface area contributed by atoms with Crippen LogP contribution in [0.1, 0.15) is 0 Å². The van der Waals surface area contributed by atoms with Crippen LogP contribution in [0.5, 0.6) is 0 Å². The first-order valence-corrected chi connectivity index (χ1v) is 50.6. The molecule has 0 aliphatic heterocycles. The van der Waals surface area contributed by atoms with Crippen molar-refractivity contribution in [2.45, 2.75) is 0 Å². The summed E-state index contributed by atoms with van der Waals surface area (Å²) in [5, 5.41) is 14.1. The highest BCUT2D eigenvalue weighted by Gasteiger charge is 2.27. The van der Waals surface area contributed by atoms with Crippen molar-refractivity contribution in [3.63, 3.8) is 0 Å². The molecular formula is C137H89N13. The highest BCUT2D eigenvalue weighted by atomic mass is 15.1. The smallest absolute Gasteiger partial charge is 0.159 e. The molecule has 0 saturated carbocycles. The topological polar surface area (TPSA) is 120 Å². The van der Waals surface area contributed by atoms with Crippen LogP contribution >= 0.6 is 0 Å². The van der Waals surface area contributed by atoms with Crippen LogP contribution in [0.4, 0.5) is 0 Å². The summed E-state index contributed by atoms with van der Waals surface area (Å²) in [6.45, 7) is 0. The van der Waals surface area contributed by atoms with Gasteiger partial charge in [-0.15, -0.1) is 0 Å². The third kappa shape index (κ3) is 15.4. The molecule has 30 rings (SSSR count). The van der Waals surface area contributed by atoms with E-state index >= 15 is 0 Å². The second kappa shape index (κ2) is 37.1. The van der Waals surface area contributed by atoms with Gasteiger partial charge in [-0.25, -0.2) is 34.9 Å². The lowest BCUT2D eigenvalue weighted by Gasteiger charge is -2.14. The Morgan fingerprint density at radius 1 is 0.140 bits per heavy atom. The Morgan fingerprint density at radius 2 is 0.420 bits per heavy atom. The van der Waals surface area contributed by atoms with Gasteiger partial charge in [0.15, 0.2) is 5.82 Å². The first kappa shape index (κ1) is 87.4. The lowest BCUT2D eigenvalue weighted by atomic mass is 10.0. The number of fused-ring (bicyclic) bond motifs is 18. The molecule has 13 nitrogen and oxygen atoms in total. The van der Waals surface area contributed by atoms with E-state index in [4.69, 9.17) is 34.9 Å². The molecule has 0 spiro atoms. The minimum Gasteiger partial charge on any atom is -0.309 e. The maximum atomic E-state index is 5.26. The highest BCUT2D eigenvalue weighted by Crippen LogP contribution is 2.46. The number of nitrogens with zero attached hydrogens (tertiary/aromatic N) is 13. The zero-order valence-electron chi connectivity index (χ0n) is 81.2. The van der Waals surface area contributed by atoms with Crippen molar-refractivity contribution in [2.24, 2.45) is 0 Å². The number of pyridine rings is 5. The van der Waals surface area contributed by atoms with E-state index in [9.17, 15) is 0 Å². The number of benzene rings is 18. The van der Waals surface area contributed by atoms with Gasteiger partial charge in [-0.3, -0.25) is 13.7 Å². The standard InChI is InChI=1S/2C46H30N4.C45H29N5/c1-4-14-31(15-5-1)34-28-41(32-16-6-2-7-17-32)48-45(29-34)50-43-23-13-11-21-38(43)40-27-35(30-47-46(40)50)33-24-25-44-39(26-33)37-20-10-12-22-42(37)49(44)36-18-8-3-9-19-36;1-4-14-31(15-5-1)41-28-36(29-42(48-41)32-16-6-2-7-17-32)50-44-23-13-11-21-38(44)40-27-34(30-47-46(40)50)33-24-25-45-39(26-33)37-20-10-12-22-43(37)49(45)35-18-8-3-9-19-35;1-4-14-30(15-5-1)43-42(29-46-44(48-43)31-16-6-2-7-17-31)50-40-23-13-11-21-36(40)38-27-33(28-47-45(38)50)32-24-25-41-37(26-32)35-20-10-12-22-39(35)49(41)34-18-8-3-9-19-34/h2*1-30H;1-29H. The fourth-order valence-corrected chi connectivity index (χ4v) is 22.2. The molecule has 0 aliphatic carbocycles. The molecule has 30 aromatic rings. The van der Waals surface area contributed by atoms with E-state index in [2.05, 4.69) is 476 Å². The highest BCUT2D eigenvalue weighted by molar-refractivity contribution is 6.17. The number of para-hydroxylation sites is 9. The van der Waals surface area contributed by atoms with E-state index in [0.717, 1.165) is 195 Å². The van der Waals surface area contributed by atoms with Gasteiger partial charge in [-0.05, 0) is 179 Å². The lowest BCUT2D eigenvalue weighted by Crippen LogP contribution is -2.03. The predicted molar refractivity (Wildman–Crippen MR) is 619 cm³/mol. The Hall–Kier alpha value is -20.4. The summed E-state index contributed by atoms with van der Waals surface area (Å²) < 4.78 is 13.8. The average molecular weight is 1920 g/mol. The Bertz CT molecular complexity index is 9930. The Labute approximate surface area is 863 Å². The van der Waals surface area contributed by atoms with E-state index < -0.39 is 0 Å². The largest absolute Gasteiger partial charge is 0.309 e. The van der Waals surface area contributed by atoms with Crippen LogP contribution in [0, 0.1) is 0 Å². The van der Waals surface area contributed by atoms with Gasteiger partial charge in [0.1, 0.15) is 22.8 Å². The quantitative estimate of drug-likeness (QED) is 0.100. The molecule has 13 heteroatoms. The molecular weight excluding hydrogens is 1830 g/mol. The average Bonchev–Trinajstić information content (AvgIpc) is 1.58. The van der Waals surface area contributed by atoms with Crippen LogP contribution in [0.3, 0.4) is 0 Å². The molecule has 0 bridgehead atoms. The molecule has 0 radical (unpaired) electrons. The Morgan fingerprint density at radius 3 is 0.800 bits per heavy atom. The Balaban J connectivity index is 0.000000108. The Kier molecular flexibility index (Phi) is 21.6. The van der Waals surface area contributed by atoms with Crippen molar-refractivity contribution in [2.75, 3.05) is 0 Å². The fraction of sp³-hybridized carbons (Fsp3) is 0. The van der Waals surface area contributed by atoms with E-state index in [0.29, 0.717) is 5.82 Å². The van der Waals surface area contributed by atoms with Gasteiger partial charge in [0, 0.05) is 145 Å². The first-order valence-electron chi connectivity index (χ1n) is 50.6. The van der Waals surface area contributed by atoms with Gasteiger partial charge in [-0.1, -0.05) is 364 Å². The van der Waals surface area contributed by atoms with Crippen LogP contribution in [0.25, 0.3) is 266 Å². The van der Waals surface area contributed by atoms with Crippen molar-refractivity contribution < 1.29 is 0 Å². The normalized spacial score (nSPS) is 11.6. The van der Waals surface area contributed by atoms with Gasteiger partial charge in [0.2, 0.25) is 0 Å². The first-order chi connectivity index (χ1) is 74.4. The predicted octanol–water partition coefficient (Wildman–Crippen LogP) is 34.4. The van der Waals surface area contributed by atoms with Crippen molar-refractivity contribution in [3.05, 3.63) is 540 Å². The van der Waals surface area contributed by atoms with Crippen LogP contribution in [0.15, 0.2) is 540 Å². The van der Waals surface area contributed by atoms with Crippen molar-refractivity contribution in [1.82, 2.24) is 62.3 Å². The third-order valence-electron chi connectivity index (χ3n) is 29.1. The van der Waals surface area contributed by atoms with Crippen molar-refractivity contribution >= 4 is 131 Å². The van der Waals surface area contributed by atoms with Gasteiger partial charge in [0.25, 0.3) is 0 Å². The summed E-state index contributed by atoms with van der Waals surface area (Å²) in [6.07, 6.45) is 7.97. The summed E-state index contributed by atoms with van der Waals surface area (Å²) in [4.78, 5) is 36.0. The molecule has 702 valence electrons. The van der Waals surface area contributed by atoms with Gasteiger partial charge < -0.3 is 13.7 Å². The van der Waals surface area contributed by atoms with Crippen LogP contribution < -0.4 is 0 Å². The van der Waals surface area contributed by atoms with Crippen LogP contribution in [-0.2, 0) is 0 Å². The molecule has 0 amide bonds. The molecule has 0 unspecified atom stereocenters. The molecule has 18 aromatic carbocycles. The van der Waals surface area contributed by atoms with E-state index in [1.54, 1.807) is 0 Å². The van der Waals surface area contributed by atoms with E-state index in [1.807, 2.05) is 91.5 Å². The van der Waals surface area contributed by atoms with Crippen molar-refractivity contribution in [3.8, 4) is 135 Å². The number of aromatic nitrogens is 13. The monoisotopic (exact) mass is 1920 g/mol. The second-order valence-electron chi connectivity index (χ2n) is 37.9. The summed E-state index contributed by atoms with van der Waals surface area (Å²) in [5.41, 5.74) is 36.2. The maximum Gasteiger partial charge on any atom is 0.159 e. The number of rotatable bonds is 15. The van der Waals surface area contributed by atoms with Crippen molar-refractivity contribution in [1.29, 1.82) is 0 Å². The summed E-state index contributed by atoms with van der Waals surface area (Å²) >= 11 is 0. The van der Waals surface area contributed by atoms with Crippen LogP contribution in [-0.4, -0.2) is 62.3 Å².